The van der Waals surface area contributed by atoms with Crippen LogP contribution >= 0.6 is 0 Å². The summed E-state index contributed by atoms with van der Waals surface area (Å²) in [5.74, 6) is 1.37. The fourth-order valence-corrected chi connectivity index (χ4v) is 4.34. The van der Waals surface area contributed by atoms with Crippen LogP contribution in [-0.2, 0) is 4.79 Å². The molecule has 1 aliphatic heterocycles. The number of nitrogens with zero attached hydrogens (tertiary/aromatic N) is 6. The Bertz CT molecular complexity index is 878. The third-order valence-corrected chi connectivity index (χ3v) is 5.97. The maximum Gasteiger partial charge on any atom is 0.293 e. The normalized spacial score (nSPS) is 18.2. The predicted octanol–water partition coefficient (Wildman–Crippen LogP) is 2.00. The minimum Gasteiger partial charge on any atom is -0.339 e. The zero-order valence-electron chi connectivity index (χ0n) is 16.7. The van der Waals surface area contributed by atoms with Crippen LogP contribution in [0.2, 0.25) is 0 Å². The average Bonchev–Trinajstić information content (AvgIpc) is 3.35. The van der Waals surface area contributed by atoms with E-state index in [0.29, 0.717) is 38.4 Å². The summed E-state index contributed by atoms with van der Waals surface area (Å²) >= 11 is 0. The number of piperazine rings is 1. The standard InChI is InChI=1S/C20H28N6O2/c1-14-13-15(2)26-20(21-14)22-18(23-26)19(28)25-11-9-24(10-12-25)17(27)8-7-16-5-3-4-6-16/h13,16H,3-12H2,1-2H3. The molecule has 28 heavy (non-hydrogen) atoms. The zero-order chi connectivity index (χ0) is 19.7. The lowest BCUT2D eigenvalue weighted by molar-refractivity contribution is -0.133. The Morgan fingerprint density at radius 3 is 2.43 bits per heavy atom. The van der Waals surface area contributed by atoms with Gasteiger partial charge in [0, 0.05) is 44.0 Å². The number of amides is 2. The Balaban J connectivity index is 1.33. The Hall–Kier alpha value is -2.51. The van der Waals surface area contributed by atoms with Crippen molar-refractivity contribution < 1.29 is 9.59 Å². The van der Waals surface area contributed by atoms with Crippen LogP contribution in [0.4, 0.5) is 0 Å². The van der Waals surface area contributed by atoms with Crippen LogP contribution in [0.15, 0.2) is 6.07 Å². The van der Waals surface area contributed by atoms with Gasteiger partial charge in [-0.25, -0.2) is 9.50 Å². The first-order chi connectivity index (χ1) is 13.5. The van der Waals surface area contributed by atoms with Gasteiger partial charge in [-0.05, 0) is 32.3 Å². The lowest BCUT2D eigenvalue weighted by Gasteiger charge is -2.34. The van der Waals surface area contributed by atoms with Gasteiger partial charge in [-0.2, -0.15) is 4.98 Å². The molecule has 1 saturated heterocycles. The highest BCUT2D eigenvalue weighted by Crippen LogP contribution is 2.28. The number of aromatic nitrogens is 4. The van der Waals surface area contributed by atoms with Crippen LogP contribution in [0, 0.1) is 19.8 Å². The third-order valence-electron chi connectivity index (χ3n) is 5.97. The van der Waals surface area contributed by atoms with Gasteiger partial charge in [0.2, 0.25) is 11.7 Å². The highest BCUT2D eigenvalue weighted by Gasteiger charge is 2.28. The van der Waals surface area contributed by atoms with E-state index >= 15 is 0 Å². The van der Waals surface area contributed by atoms with E-state index in [1.807, 2.05) is 24.8 Å². The molecular formula is C20H28N6O2. The number of aryl methyl sites for hydroxylation is 2. The van der Waals surface area contributed by atoms with Crippen LogP contribution in [-0.4, -0.2) is 67.4 Å². The predicted molar refractivity (Wildman–Crippen MR) is 104 cm³/mol. The smallest absolute Gasteiger partial charge is 0.293 e. The molecule has 2 aromatic rings. The van der Waals surface area contributed by atoms with Crippen molar-refractivity contribution in [3.05, 3.63) is 23.3 Å². The lowest BCUT2D eigenvalue weighted by atomic mass is 10.0. The first-order valence-corrected chi connectivity index (χ1v) is 10.3. The molecular weight excluding hydrogens is 356 g/mol. The van der Waals surface area contributed by atoms with Crippen LogP contribution in [0.5, 0.6) is 0 Å². The Morgan fingerprint density at radius 2 is 1.71 bits per heavy atom. The highest BCUT2D eigenvalue weighted by molar-refractivity contribution is 5.91. The minimum atomic E-state index is -0.194. The van der Waals surface area contributed by atoms with Gasteiger partial charge in [0.1, 0.15) is 0 Å². The maximum absolute atomic E-state index is 12.8. The monoisotopic (exact) mass is 384 g/mol. The minimum absolute atomic E-state index is 0.169. The lowest BCUT2D eigenvalue weighted by Crippen LogP contribution is -2.50. The van der Waals surface area contributed by atoms with Crippen molar-refractivity contribution in [2.45, 2.75) is 52.4 Å². The van der Waals surface area contributed by atoms with Crippen molar-refractivity contribution >= 4 is 17.6 Å². The number of rotatable bonds is 4. The zero-order valence-corrected chi connectivity index (χ0v) is 16.7. The van der Waals surface area contributed by atoms with Gasteiger partial charge in [-0.1, -0.05) is 25.7 Å². The van der Waals surface area contributed by atoms with E-state index in [1.165, 1.54) is 25.7 Å². The van der Waals surface area contributed by atoms with Gasteiger partial charge in [-0.3, -0.25) is 9.59 Å². The van der Waals surface area contributed by atoms with Crippen LogP contribution in [0.25, 0.3) is 5.78 Å². The molecule has 1 saturated carbocycles. The molecule has 2 amide bonds. The largest absolute Gasteiger partial charge is 0.339 e. The molecule has 4 rings (SSSR count). The van der Waals surface area contributed by atoms with E-state index in [2.05, 4.69) is 15.1 Å². The van der Waals surface area contributed by atoms with E-state index in [0.717, 1.165) is 23.7 Å². The summed E-state index contributed by atoms with van der Waals surface area (Å²) in [6.07, 6.45) is 6.81. The summed E-state index contributed by atoms with van der Waals surface area (Å²) in [5.41, 5.74) is 1.74. The SMILES string of the molecule is Cc1cc(C)n2nc(C(=O)N3CCN(C(=O)CCC4CCCC4)CC3)nc2n1. The molecule has 2 aliphatic rings. The molecule has 2 aromatic heterocycles. The summed E-state index contributed by atoms with van der Waals surface area (Å²) in [4.78, 5) is 37.5. The number of hydrogen-bond donors (Lipinski definition) is 0. The van der Waals surface area contributed by atoms with Crippen molar-refractivity contribution in [3.63, 3.8) is 0 Å². The fourth-order valence-electron chi connectivity index (χ4n) is 4.34. The molecule has 150 valence electrons. The second-order valence-corrected chi connectivity index (χ2v) is 8.05. The van der Waals surface area contributed by atoms with E-state index in [1.54, 1.807) is 9.42 Å². The second-order valence-electron chi connectivity index (χ2n) is 8.05. The van der Waals surface area contributed by atoms with Crippen molar-refractivity contribution in [2.75, 3.05) is 26.2 Å². The summed E-state index contributed by atoms with van der Waals surface area (Å²) in [6.45, 7) is 6.02. The second kappa shape index (κ2) is 7.85. The Labute approximate surface area is 164 Å². The van der Waals surface area contributed by atoms with Crippen LogP contribution in [0.3, 0.4) is 0 Å². The summed E-state index contributed by atoms with van der Waals surface area (Å²) in [6, 6.07) is 1.91. The molecule has 0 atom stereocenters. The van der Waals surface area contributed by atoms with E-state index < -0.39 is 0 Å². The Kier molecular flexibility index (Phi) is 5.28. The molecule has 0 spiro atoms. The van der Waals surface area contributed by atoms with Gasteiger partial charge in [-0.15, -0.1) is 5.10 Å². The number of carbonyl (C=O) groups excluding carboxylic acids is 2. The van der Waals surface area contributed by atoms with Crippen LogP contribution < -0.4 is 0 Å². The van der Waals surface area contributed by atoms with Gasteiger partial charge in [0.05, 0.1) is 0 Å². The van der Waals surface area contributed by atoms with E-state index in [4.69, 9.17) is 0 Å². The highest BCUT2D eigenvalue weighted by atomic mass is 16.2. The van der Waals surface area contributed by atoms with E-state index in [9.17, 15) is 9.59 Å². The Morgan fingerprint density at radius 1 is 1.04 bits per heavy atom. The number of fused-ring (bicyclic) bond motifs is 1. The van der Waals surface area contributed by atoms with Crippen molar-refractivity contribution in [2.24, 2.45) is 5.92 Å². The maximum atomic E-state index is 12.8. The summed E-state index contributed by atoms with van der Waals surface area (Å²) in [7, 11) is 0. The first-order valence-electron chi connectivity index (χ1n) is 10.3. The third kappa shape index (κ3) is 3.86. The van der Waals surface area contributed by atoms with Crippen molar-refractivity contribution in [3.8, 4) is 0 Å². The van der Waals surface area contributed by atoms with Crippen molar-refractivity contribution in [1.29, 1.82) is 0 Å². The van der Waals surface area contributed by atoms with Crippen molar-refractivity contribution in [1.82, 2.24) is 29.4 Å². The molecule has 0 radical (unpaired) electrons. The van der Waals surface area contributed by atoms with Gasteiger partial charge < -0.3 is 9.80 Å². The van der Waals surface area contributed by atoms with Gasteiger partial charge in [0.15, 0.2) is 0 Å². The molecule has 0 bridgehead atoms. The molecule has 1 aliphatic carbocycles. The topological polar surface area (TPSA) is 83.7 Å². The number of carbonyl (C=O) groups is 2. The summed E-state index contributed by atoms with van der Waals surface area (Å²) in [5, 5.41) is 4.33. The fraction of sp³-hybridized carbons (Fsp3) is 0.650. The van der Waals surface area contributed by atoms with Gasteiger partial charge >= 0.3 is 0 Å². The molecule has 8 heteroatoms. The molecule has 8 nitrogen and oxygen atoms in total. The van der Waals surface area contributed by atoms with Crippen LogP contribution in [0.1, 0.15) is 60.5 Å². The molecule has 0 aromatic carbocycles. The van der Waals surface area contributed by atoms with Gasteiger partial charge in [0.25, 0.3) is 11.7 Å². The number of hydrogen-bond acceptors (Lipinski definition) is 5. The van der Waals surface area contributed by atoms with E-state index in [-0.39, 0.29) is 17.6 Å². The quantitative estimate of drug-likeness (QED) is 0.805. The first kappa shape index (κ1) is 18.8. The molecule has 0 unspecified atom stereocenters. The average molecular weight is 384 g/mol. The molecule has 2 fully saturated rings. The molecule has 0 N–H and O–H groups in total. The molecule has 3 heterocycles. The summed E-state index contributed by atoms with van der Waals surface area (Å²) < 4.78 is 1.60.